The minimum atomic E-state index is -3.54. The van der Waals surface area contributed by atoms with Gasteiger partial charge >= 0.3 is 0 Å². The largest absolute Gasteiger partial charge is 0.379 e. The fraction of sp³-hybridized carbons (Fsp3) is 0.500. The highest BCUT2D eigenvalue weighted by Gasteiger charge is 2.35. The van der Waals surface area contributed by atoms with Gasteiger partial charge in [0.05, 0.1) is 6.10 Å². The minimum absolute atomic E-state index is 0.113. The van der Waals surface area contributed by atoms with E-state index in [1.807, 2.05) is 17.0 Å². The summed E-state index contributed by atoms with van der Waals surface area (Å²) < 4.78 is 33.6. The second-order valence-corrected chi connectivity index (χ2v) is 6.94. The number of ether oxygens (including phenoxy) is 1. The van der Waals surface area contributed by atoms with E-state index >= 15 is 0 Å². The SMILES string of the molecule is COC1CN(C2=NS(=O)(=O)c3ccccc32)CCC1C. The van der Waals surface area contributed by atoms with E-state index in [1.165, 1.54) is 0 Å². The molecule has 0 spiro atoms. The van der Waals surface area contributed by atoms with Gasteiger partial charge in [0.15, 0.2) is 5.84 Å². The number of sulfonamides is 1. The number of benzene rings is 1. The van der Waals surface area contributed by atoms with E-state index in [-0.39, 0.29) is 6.10 Å². The summed E-state index contributed by atoms with van der Waals surface area (Å²) in [5.41, 5.74) is 0.705. The zero-order valence-electron chi connectivity index (χ0n) is 11.6. The van der Waals surface area contributed by atoms with Crippen molar-refractivity contribution >= 4 is 15.9 Å². The fourth-order valence-electron chi connectivity index (χ4n) is 2.85. The Morgan fingerprint density at radius 1 is 1.35 bits per heavy atom. The van der Waals surface area contributed by atoms with E-state index < -0.39 is 10.0 Å². The maximum Gasteiger partial charge on any atom is 0.285 e. The molecule has 1 aromatic rings. The first-order chi connectivity index (χ1) is 9.53. The average molecular weight is 294 g/mol. The van der Waals surface area contributed by atoms with Gasteiger partial charge in [0, 0.05) is 25.8 Å². The normalized spacial score (nSPS) is 28.1. The van der Waals surface area contributed by atoms with Crippen molar-refractivity contribution in [2.45, 2.75) is 24.3 Å². The Balaban J connectivity index is 1.96. The van der Waals surface area contributed by atoms with Crippen LogP contribution in [0.25, 0.3) is 0 Å². The van der Waals surface area contributed by atoms with Crippen LogP contribution < -0.4 is 0 Å². The van der Waals surface area contributed by atoms with Crippen molar-refractivity contribution in [2.24, 2.45) is 10.3 Å². The Bertz CT molecular complexity index is 654. The quantitative estimate of drug-likeness (QED) is 0.787. The molecule has 2 atom stereocenters. The molecule has 1 saturated heterocycles. The lowest BCUT2D eigenvalue weighted by Crippen LogP contribution is -2.46. The molecular formula is C14H18N2O3S. The van der Waals surface area contributed by atoms with Crippen molar-refractivity contribution in [2.75, 3.05) is 20.2 Å². The van der Waals surface area contributed by atoms with E-state index in [0.29, 0.717) is 28.8 Å². The number of likely N-dealkylation sites (tertiary alicyclic amines) is 1. The monoisotopic (exact) mass is 294 g/mol. The first-order valence-corrected chi connectivity index (χ1v) is 8.19. The molecule has 2 aliphatic rings. The van der Waals surface area contributed by atoms with Gasteiger partial charge in [0.2, 0.25) is 0 Å². The molecule has 5 nitrogen and oxygen atoms in total. The molecule has 0 aromatic heterocycles. The number of piperidine rings is 1. The second-order valence-electron chi connectivity index (χ2n) is 5.37. The van der Waals surface area contributed by atoms with Gasteiger partial charge in [-0.25, -0.2) is 0 Å². The molecule has 0 aliphatic carbocycles. The van der Waals surface area contributed by atoms with Crippen molar-refractivity contribution < 1.29 is 13.2 Å². The van der Waals surface area contributed by atoms with Crippen LogP contribution in [0.4, 0.5) is 0 Å². The first kappa shape index (κ1) is 13.6. The Morgan fingerprint density at radius 3 is 2.85 bits per heavy atom. The summed E-state index contributed by atoms with van der Waals surface area (Å²) >= 11 is 0. The van der Waals surface area contributed by atoms with Gasteiger partial charge in [-0.15, -0.1) is 4.40 Å². The molecule has 0 bridgehead atoms. The van der Waals surface area contributed by atoms with Crippen molar-refractivity contribution in [1.29, 1.82) is 0 Å². The highest BCUT2D eigenvalue weighted by atomic mass is 32.2. The molecule has 1 aromatic carbocycles. The molecule has 1 fully saturated rings. The maximum absolute atomic E-state index is 12.1. The van der Waals surface area contributed by atoms with E-state index in [0.717, 1.165) is 13.0 Å². The van der Waals surface area contributed by atoms with Gasteiger partial charge in [0.1, 0.15) is 4.90 Å². The summed E-state index contributed by atoms with van der Waals surface area (Å²) in [7, 11) is -1.84. The molecule has 0 amide bonds. The molecule has 3 rings (SSSR count). The Hall–Kier alpha value is -1.40. The standard InChI is InChI=1S/C14H18N2O3S/c1-10-7-8-16(9-12(10)19-2)14-11-5-3-4-6-13(11)20(17,18)15-14/h3-6,10,12H,7-9H2,1-2H3. The first-order valence-electron chi connectivity index (χ1n) is 6.75. The summed E-state index contributed by atoms with van der Waals surface area (Å²) in [5.74, 6) is 1.04. The lowest BCUT2D eigenvalue weighted by atomic mass is 9.95. The summed E-state index contributed by atoms with van der Waals surface area (Å²) in [5, 5.41) is 0. The van der Waals surface area contributed by atoms with Gasteiger partial charge in [-0.2, -0.15) is 8.42 Å². The Kier molecular flexibility index (Phi) is 3.30. The molecule has 2 unspecified atom stereocenters. The highest BCUT2D eigenvalue weighted by Crippen LogP contribution is 2.30. The molecule has 6 heteroatoms. The predicted octanol–water partition coefficient (Wildman–Crippen LogP) is 1.49. The summed E-state index contributed by atoms with van der Waals surface area (Å²) in [6.07, 6.45) is 1.08. The molecule has 0 N–H and O–H groups in total. The third kappa shape index (κ3) is 2.13. The second kappa shape index (κ2) is 4.86. The van der Waals surface area contributed by atoms with Crippen LogP contribution in [0.15, 0.2) is 33.6 Å². The fourth-order valence-corrected chi connectivity index (χ4v) is 4.08. The van der Waals surface area contributed by atoms with Crippen molar-refractivity contribution in [3.63, 3.8) is 0 Å². The third-order valence-electron chi connectivity index (χ3n) is 4.10. The van der Waals surface area contributed by atoms with Crippen LogP contribution in [0.3, 0.4) is 0 Å². The molecule has 2 heterocycles. The molecule has 0 saturated carbocycles. The van der Waals surface area contributed by atoms with Crippen LogP contribution >= 0.6 is 0 Å². The van der Waals surface area contributed by atoms with Crippen LogP contribution in [0, 0.1) is 5.92 Å². The van der Waals surface area contributed by atoms with E-state index in [9.17, 15) is 8.42 Å². The molecule has 20 heavy (non-hydrogen) atoms. The smallest absolute Gasteiger partial charge is 0.285 e. The number of rotatable bonds is 1. The summed E-state index contributed by atoms with van der Waals surface area (Å²) in [6.45, 7) is 3.65. The van der Waals surface area contributed by atoms with Crippen LogP contribution in [0.2, 0.25) is 0 Å². The lowest BCUT2D eigenvalue weighted by Gasteiger charge is -2.37. The number of nitrogens with zero attached hydrogens (tertiary/aromatic N) is 2. The zero-order chi connectivity index (χ0) is 14.3. The van der Waals surface area contributed by atoms with Crippen molar-refractivity contribution in [3.05, 3.63) is 29.8 Å². The minimum Gasteiger partial charge on any atom is -0.379 e. The zero-order valence-corrected chi connectivity index (χ0v) is 12.4. The molecule has 0 radical (unpaired) electrons. The average Bonchev–Trinajstić information content (AvgIpc) is 2.72. The van der Waals surface area contributed by atoms with Gasteiger partial charge in [-0.1, -0.05) is 19.1 Å². The molecular weight excluding hydrogens is 276 g/mol. The highest BCUT2D eigenvalue weighted by molar-refractivity contribution is 7.90. The van der Waals surface area contributed by atoms with Crippen LogP contribution in [0.5, 0.6) is 0 Å². The Labute approximate surface area is 119 Å². The van der Waals surface area contributed by atoms with E-state index in [4.69, 9.17) is 4.74 Å². The number of methoxy groups -OCH3 is 1. The van der Waals surface area contributed by atoms with Crippen molar-refractivity contribution in [1.82, 2.24) is 4.90 Å². The summed E-state index contributed by atoms with van der Waals surface area (Å²) in [6, 6.07) is 7.00. The van der Waals surface area contributed by atoms with Gasteiger partial charge in [0.25, 0.3) is 10.0 Å². The third-order valence-corrected chi connectivity index (χ3v) is 5.43. The van der Waals surface area contributed by atoms with Gasteiger partial charge in [-0.3, -0.25) is 0 Å². The molecule has 108 valence electrons. The van der Waals surface area contributed by atoms with Crippen LogP contribution in [-0.2, 0) is 14.8 Å². The topological polar surface area (TPSA) is 59.0 Å². The predicted molar refractivity (Wildman–Crippen MR) is 76.3 cm³/mol. The lowest BCUT2D eigenvalue weighted by molar-refractivity contribution is 0.0151. The van der Waals surface area contributed by atoms with Crippen LogP contribution in [0.1, 0.15) is 18.9 Å². The number of amidine groups is 1. The maximum atomic E-state index is 12.1. The summed E-state index contributed by atoms with van der Waals surface area (Å²) in [4.78, 5) is 2.33. The van der Waals surface area contributed by atoms with Crippen LogP contribution in [-0.4, -0.2) is 45.5 Å². The number of hydrogen-bond donors (Lipinski definition) is 0. The van der Waals surface area contributed by atoms with Crippen molar-refractivity contribution in [3.8, 4) is 0 Å². The van der Waals surface area contributed by atoms with Gasteiger partial charge in [-0.05, 0) is 24.5 Å². The van der Waals surface area contributed by atoms with Gasteiger partial charge < -0.3 is 9.64 Å². The van der Waals surface area contributed by atoms with E-state index in [1.54, 1.807) is 19.2 Å². The number of hydrogen-bond acceptors (Lipinski definition) is 4. The number of fused-ring (bicyclic) bond motifs is 1. The Morgan fingerprint density at radius 2 is 2.10 bits per heavy atom. The molecule has 2 aliphatic heterocycles. The van der Waals surface area contributed by atoms with E-state index in [2.05, 4.69) is 11.3 Å².